The van der Waals surface area contributed by atoms with Crippen LogP contribution in [-0.2, 0) is 21.4 Å². The van der Waals surface area contributed by atoms with Gasteiger partial charge in [-0.15, -0.1) is 0 Å². The second-order valence-corrected chi connectivity index (χ2v) is 9.98. The summed E-state index contributed by atoms with van der Waals surface area (Å²) in [5.41, 5.74) is 1.93. The number of thioether (sulfide) groups is 1. The van der Waals surface area contributed by atoms with Gasteiger partial charge in [0.15, 0.2) is 5.16 Å². The van der Waals surface area contributed by atoms with Gasteiger partial charge in [-0.2, -0.15) is 4.31 Å². The number of imidazole rings is 1. The number of carbonyl (C=O) groups excluding carboxylic acids is 1. The first-order chi connectivity index (χ1) is 14.9. The maximum Gasteiger partial charge on any atom is 0.246 e. The van der Waals surface area contributed by atoms with Crippen molar-refractivity contribution in [2.24, 2.45) is 0 Å². The molecule has 0 spiro atoms. The van der Waals surface area contributed by atoms with Crippen molar-refractivity contribution < 1.29 is 17.6 Å². The van der Waals surface area contributed by atoms with Gasteiger partial charge < -0.3 is 9.47 Å². The minimum Gasteiger partial charge on any atom is -0.339 e. The van der Waals surface area contributed by atoms with E-state index in [0.717, 1.165) is 28.8 Å². The highest BCUT2D eigenvalue weighted by molar-refractivity contribution is 7.99. The Kier molecular flexibility index (Phi) is 6.31. The molecule has 1 fully saturated rings. The zero-order chi connectivity index (χ0) is 22.0. The Morgan fingerprint density at radius 1 is 1.06 bits per heavy atom. The normalized spacial score (nSPS) is 15.5. The molecule has 1 aromatic heterocycles. The molecule has 0 aliphatic carbocycles. The van der Waals surface area contributed by atoms with Crippen LogP contribution in [0.25, 0.3) is 11.0 Å². The third kappa shape index (κ3) is 4.32. The van der Waals surface area contributed by atoms with E-state index in [2.05, 4.69) is 9.55 Å². The van der Waals surface area contributed by atoms with Gasteiger partial charge in [0.05, 0.1) is 16.8 Å². The number of carbonyl (C=O) groups is 1. The van der Waals surface area contributed by atoms with Gasteiger partial charge in [0.25, 0.3) is 0 Å². The lowest BCUT2D eigenvalue weighted by Gasteiger charge is -2.34. The molecule has 1 aliphatic rings. The molecule has 7 nitrogen and oxygen atoms in total. The van der Waals surface area contributed by atoms with E-state index in [4.69, 9.17) is 0 Å². The van der Waals surface area contributed by atoms with Crippen molar-refractivity contribution in [3.63, 3.8) is 0 Å². The molecule has 3 aromatic rings. The molecule has 4 rings (SSSR count). The van der Waals surface area contributed by atoms with Crippen LogP contribution in [0.15, 0.2) is 58.6 Å². The van der Waals surface area contributed by atoms with Gasteiger partial charge in [-0.3, -0.25) is 4.79 Å². The summed E-state index contributed by atoms with van der Waals surface area (Å²) >= 11 is 1.38. The number of aromatic nitrogens is 2. The number of amides is 1. The summed E-state index contributed by atoms with van der Waals surface area (Å²) in [5, 5.41) is 0.790. The molecule has 0 radical (unpaired) electrons. The topological polar surface area (TPSA) is 75.5 Å². The molecule has 1 amide bonds. The Morgan fingerprint density at radius 2 is 1.74 bits per heavy atom. The zero-order valence-corrected chi connectivity index (χ0v) is 18.7. The molecular weight excluding hydrogens is 439 g/mol. The minimum absolute atomic E-state index is 0.0670. The van der Waals surface area contributed by atoms with Crippen molar-refractivity contribution in [1.29, 1.82) is 0 Å². The monoisotopic (exact) mass is 462 g/mol. The predicted octanol–water partition coefficient (Wildman–Crippen LogP) is 2.82. The molecule has 164 valence electrons. The quantitative estimate of drug-likeness (QED) is 0.527. The number of piperazine rings is 1. The largest absolute Gasteiger partial charge is 0.339 e. The number of sulfonamides is 1. The van der Waals surface area contributed by atoms with Crippen molar-refractivity contribution in [3.8, 4) is 0 Å². The van der Waals surface area contributed by atoms with E-state index >= 15 is 0 Å². The molecule has 0 unspecified atom stereocenters. The van der Waals surface area contributed by atoms with Crippen LogP contribution >= 0.6 is 11.8 Å². The number of benzene rings is 2. The van der Waals surface area contributed by atoms with Crippen LogP contribution in [0, 0.1) is 5.82 Å². The Labute approximate surface area is 184 Å². The van der Waals surface area contributed by atoms with E-state index in [1.807, 2.05) is 31.2 Å². The Morgan fingerprint density at radius 3 is 2.45 bits per heavy atom. The summed E-state index contributed by atoms with van der Waals surface area (Å²) in [6.07, 6.45) is 0. The van der Waals surface area contributed by atoms with Gasteiger partial charge in [0, 0.05) is 32.7 Å². The van der Waals surface area contributed by atoms with Gasteiger partial charge >= 0.3 is 0 Å². The van der Waals surface area contributed by atoms with E-state index < -0.39 is 15.8 Å². The molecule has 0 saturated carbocycles. The fourth-order valence-corrected chi connectivity index (χ4v) is 6.13. The number of fused-ring (bicyclic) bond motifs is 1. The van der Waals surface area contributed by atoms with Crippen LogP contribution in [0.3, 0.4) is 0 Å². The molecule has 0 bridgehead atoms. The van der Waals surface area contributed by atoms with Gasteiger partial charge in [-0.1, -0.05) is 36.0 Å². The standard InChI is InChI=1S/C21H23FN4O3S2/c1-2-26-18-9-5-4-8-17(18)23-21(26)30-15-20(27)24-11-13-25(14-12-24)31(28,29)19-10-6-3-7-16(19)22/h3-10H,2,11-15H2,1H3. The Bertz CT molecular complexity index is 1200. The van der Waals surface area contributed by atoms with Crippen LogP contribution in [0.1, 0.15) is 6.92 Å². The molecule has 10 heteroatoms. The van der Waals surface area contributed by atoms with E-state index in [0.29, 0.717) is 0 Å². The van der Waals surface area contributed by atoms with Crippen LogP contribution in [-0.4, -0.2) is 65.0 Å². The van der Waals surface area contributed by atoms with E-state index in [1.54, 1.807) is 4.90 Å². The van der Waals surface area contributed by atoms with Gasteiger partial charge in [0.2, 0.25) is 15.9 Å². The molecule has 0 N–H and O–H groups in total. The van der Waals surface area contributed by atoms with Gasteiger partial charge in [-0.25, -0.2) is 17.8 Å². The van der Waals surface area contributed by atoms with Crippen molar-refractivity contribution in [3.05, 3.63) is 54.3 Å². The predicted molar refractivity (Wildman–Crippen MR) is 118 cm³/mol. The second kappa shape index (κ2) is 8.97. The summed E-state index contributed by atoms with van der Waals surface area (Å²) in [4.78, 5) is 18.6. The fourth-order valence-electron chi connectivity index (χ4n) is 3.66. The lowest BCUT2D eigenvalue weighted by atomic mass is 10.3. The number of hydrogen-bond acceptors (Lipinski definition) is 5. The number of para-hydroxylation sites is 2. The smallest absolute Gasteiger partial charge is 0.246 e. The van der Waals surface area contributed by atoms with Crippen LogP contribution in [0.4, 0.5) is 4.39 Å². The summed E-state index contributed by atoms with van der Waals surface area (Å²) in [6.45, 7) is 3.62. The van der Waals surface area contributed by atoms with Crippen molar-refractivity contribution in [1.82, 2.24) is 18.8 Å². The van der Waals surface area contributed by atoms with Gasteiger partial charge in [-0.05, 0) is 31.2 Å². The number of halogens is 1. The SMILES string of the molecule is CCn1c(SCC(=O)N2CCN(S(=O)(=O)c3ccccc3F)CC2)nc2ccccc21. The highest BCUT2D eigenvalue weighted by atomic mass is 32.2. The first kappa shape index (κ1) is 21.8. The first-order valence-corrected chi connectivity index (χ1v) is 12.4. The van der Waals surface area contributed by atoms with E-state index in [9.17, 15) is 17.6 Å². The second-order valence-electron chi connectivity index (χ2n) is 7.13. The minimum atomic E-state index is -3.92. The molecule has 31 heavy (non-hydrogen) atoms. The number of nitrogens with zero attached hydrogens (tertiary/aromatic N) is 4. The maximum atomic E-state index is 14.0. The average molecular weight is 463 g/mol. The lowest BCUT2D eigenvalue weighted by molar-refractivity contribution is -0.129. The zero-order valence-electron chi connectivity index (χ0n) is 17.1. The van der Waals surface area contributed by atoms with Crippen LogP contribution in [0.2, 0.25) is 0 Å². The Hall–Kier alpha value is -2.43. The Balaban J connectivity index is 1.37. The van der Waals surface area contributed by atoms with Crippen molar-refractivity contribution in [2.75, 3.05) is 31.9 Å². The summed E-state index contributed by atoms with van der Waals surface area (Å²) in [5.74, 6) is -0.609. The van der Waals surface area contributed by atoms with Gasteiger partial charge in [0.1, 0.15) is 10.7 Å². The highest BCUT2D eigenvalue weighted by Crippen LogP contribution is 2.25. The van der Waals surface area contributed by atoms with E-state index in [1.165, 1.54) is 34.3 Å². The molecule has 1 aliphatic heterocycles. The molecule has 1 saturated heterocycles. The summed E-state index contributed by atoms with van der Waals surface area (Å²) in [6, 6.07) is 13.2. The third-order valence-corrected chi connectivity index (χ3v) is 8.20. The summed E-state index contributed by atoms with van der Waals surface area (Å²) < 4.78 is 42.7. The average Bonchev–Trinajstić information content (AvgIpc) is 3.15. The fraction of sp³-hybridized carbons (Fsp3) is 0.333. The molecule has 2 heterocycles. The number of rotatable bonds is 6. The molecular formula is C21H23FN4O3S2. The van der Waals surface area contributed by atoms with Crippen molar-refractivity contribution in [2.45, 2.75) is 23.5 Å². The van der Waals surface area contributed by atoms with E-state index in [-0.39, 0.29) is 42.7 Å². The maximum absolute atomic E-state index is 14.0. The number of hydrogen-bond donors (Lipinski definition) is 0. The lowest BCUT2D eigenvalue weighted by Crippen LogP contribution is -2.51. The molecule has 2 aromatic carbocycles. The van der Waals surface area contributed by atoms with Crippen molar-refractivity contribution >= 4 is 38.7 Å². The number of aryl methyl sites for hydroxylation is 1. The summed E-state index contributed by atoms with van der Waals surface area (Å²) in [7, 11) is -3.92. The first-order valence-electron chi connectivity index (χ1n) is 10.0. The van der Waals surface area contributed by atoms with Crippen LogP contribution in [0.5, 0.6) is 0 Å². The third-order valence-electron chi connectivity index (χ3n) is 5.31. The molecule has 0 atom stereocenters. The van der Waals surface area contributed by atoms with Crippen LogP contribution < -0.4 is 0 Å². The highest BCUT2D eigenvalue weighted by Gasteiger charge is 2.31.